The van der Waals surface area contributed by atoms with Crippen molar-refractivity contribution in [2.45, 2.75) is 49.1 Å². The summed E-state index contributed by atoms with van der Waals surface area (Å²) in [6.45, 7) is 2.73. The number of carbonyl (C=O) groups is 1. The van der Waals surface area contributed by atoms with Gasteiger partial charge in [0.15, 0.2) is 0 Å². The molecule has 1 aromatic rings. The van der Waals surface area contributed by atoms with Gasteiger partial charge in [-0.25, -0.2) is 8.42 Å². The molecule has 0 aromatic heterocycles. The van der Waals surface area contributed by atoms with Gasteiger partial charge in [-0.15, -0.1) is 0 Å². The second-order valence-electron chi connectivity index (χ2n) is 7.20. The van der Waals surface area contributed by atoms with E-state index in [1.54, 1.807) is 35.7 Å². The average molecular weight is 396 g/mol. The Kier molecular flexibility index (Phi) is 6.52. The van der Waals surface area contributed by atoms with Crippen LogP contribution in [0.4, 0.5) is 0 Å². The van der Waals surface area contributed by atoms with Crippen molar-refractivity contribution in [3.63, 3.8) is 0 Å². The Hall–Kier alpha value is -1.48. The summed E-state index contributed by atoms with van der Waals surface area (Å²) in [6, 6.07) is 6.92. The monoisotopic (exact) mass is 395 g/mol. The molecule has 150 valence electrons. The van der Waals surface area contributed by atoms with Crippen LogP contribution in [0.3, 0.4) is 0 Å². The van der Waals surface area contributed by atoms with Crippen LogP contribution in [0.25, 0.3) is 0 Å². The quantitative estimate of drug-likeness (QED) is 0.757. The molecule has 2 aliphatic rings. The zero-order valence-corrected chi connectivity index (χ0v) is 16.7. The molecular formula is C19H29N3O4S. The summed E-state index contributed by atoms with van der Waals surface area (Å²) in [5.74, 6) is -0.184. The third-order valence-corrected chi connectivity index (χ3v) is 7.56. The number of methoxy groups -OCH3 is 1. The molecular weight excluding hydrogens is 366 g/mol. The minimum atomic E-state index is -3.55. The van der Waals surface area contributed by atoms with Gasteiger partial charge < -0.3 is 15.4 Å². The molecule has 2 N–H and O–H groups in total. The van der Waals surface area contributed by atoms with Crippen LogP contribution < -0.4 is 10.6 Å². The predicted octanol–water partition coefficient (Wildman–Crippen LogP) is 1.25. The first-order chi connectivity index (χ1) is 13.0. The second-order valence-corrected chi connectivity index (χ2v) is 9.11. The van der Waals surface area contributed by atoms with Gasteiger partial charge in [-0.1, -0.05) is 24.6 Å². The van der Waals surface area contributed by atoms with Crippen LogP contribution in [0.15, 0.2) is 29.2 Å². The topological polar surface area (TPSA) is 87.7 Å². The lowest BCUT2D eigenvalue weighted by Crippen LogP contribution is -2.54. The lowest BCUT2D eigenvalue weighted by atomic mass is 9.91. The zero-order chi connectivity index (χ0) is 19.3. The average Bonchev–Trinajstić information content (AvgIpc) is 2.73. The molecule has 2 fully saturated rings. The number of hydrogen-bond donors (Lipinski definition) is 2. The molecule has 27 heavy (non-hydrogen) atoms. The van der Waals surface area contributed by atoms with Gasteiger partial charge in [0.1, 0.15) is 5.60 Å². The number of ether oxygens (including phenoxy) is 1. The number of benzene rings is 1. The summed E-state index contributed by atoms with van der Waals surface area (Å²) >= 11 is 0. The van der Waals surface area contributed by atoms with Gasteiger partial charge in [0.25, 0.3) is 5.91 Å². The highest BCUT2D eigenvalue weighted by Gasteiger charge is 2.39. The first-order valence-electron chi connectivity index (χ1n) is 9.62. The van der Waals surface area contributed by atoms with Crippen LogP contribution in [0, 0.1) is 0 Å². The molecule has 0 aliphatic carbocycles. The number of piperidine rings is 2. The highest BCUT2D eigenvalue weighted by molar-refractivity contribution is 7.89. The molecule has 7 nitrogen and oxygen atoms in total. The molecule has 1 aromatic carbocycles. The molecule has 0 saturated carbocycles. The number of amides is 1. The van der Waals surface area contributed by atoms with E-state index >= 15 is 0 Å². The Morgan fingerprint density at radius 3 is 2.52 bits per heavy atom. The predicted molar refractivity (Wildman–Crippen MR) is 103 cm³/mol. The molecule has 0 bridgehead atoms. The Morgan fingerprint density at radius 1 is 1.19 bits per heavy atom. The molecule has 2 heterocycles. The normalized spacial score (nSPS) is 20.9. The minimum absolute atomic E-state index is 0.167. The first kappa shape index (κ1) is 20.3. The van der Waals surface area contributed by atoms with E-state index in [4.69, 9.17) is 4.74 Å². The van der Waals surface area contributed by atoms with Crippen molar-refractivity contribution in [2.75, 3.05) is 33.3 Å². The van der Waals surface area contributed by atoms with Crippen molar-refractivity contribution >= 4 is 15.9 Å². The fourth-order valence-corrected chi connectivity index (χ4v) is 5.58. The molecule has 0 atom stereocenters. The molecule has 3 rings (SSSR count). The van der Waals surface area contributed by atoms with Crippen LogP contribution in [0.1, 0.15) is 37.7 Å². The lowest BCUT2D eigenvalue weighted by molar-refractivity contribution is -0.146. The number of rotatable bonds is 6. The maximum atomic E-state index is 13.1. The van der Waals surface area contributed by atoms with E-state index < -0.39 is 15.6 Å². The van der Waals surface area contributed by atoms with Crippen molar-refractivity contribution in [2.24, 2.45) is 0 Å². The van der Waals surface area contributed by atoms with Crippen LogP contribution in [0.5, 0.6) is 0 Å². The van der Waals surface area contributed by atoms with Gasteiger partial charge in [0.05, 0.1) is 4.90 Å². The van der Waals surface area contributed by atoms with E-state index in [-0.39, 0.29) is 17.3 Å². The van der Waals surface area contributed by atoms with Crippen molar-refractivity contribution in [3.8, 4) is 0 Å². The Balaban J connectivity index is 1.75. The number of hydrogen-bond acceptors (Lipinski definition) is 5. The molecule has 0 radical (unpaired) electrons. The summed E-state index contributed by atoms with van der Waals surface area (Å²) in [7, 11) is -1.99. The van der Waals surface area contributed by atoms with Crippen LogP contribution in [0.2, 0.25) is 0 Å². The second kappa shape index (κ2) is 8.68. The van der Waals surface area contributed by atoms with Crippen molar-refractivity contribution in [1.82, 2.24) is 14.9 Å². The fourth-order valence-electron chi connectivity index (χ4n) is 3.84. The largest absolute Gasteiger partial charge is 0.368 e. The molecule has 2 aliphatic heterocycles. The number of nitrogens with zero attached hydrogens (tertiary/aromatic N) is 1. The van der Waals surface area contributed by atoms with Crippen LogP contribution in [-0.2, 0) is 26.1 Å². The summed E-state index contributed by atoms with van der Waals surface area (Å²) in [6.07, 6.45) is 4.05. The van der Waals surface area contributed by atoms with E-state index in [0.29, 0.717) is 31.5 Å². The van der Waals surface area contributed by atoms with Gasteiger partial charge in [-0.2, -0.15) is 4.31 Å². The Labute approximate surface area is 161 Å². The maximum absolute atomic E-state index is 13.1. The summed E-state index contributed by atoms with van der Waals surface area (Å²) < 4.78 is 33.2. The van der Waals surface area contributed by atoms with E-state index in [1.165, 1.54) is 0 Å². The molecule has 2 saturated heterocycles. The van der Waals surface area contributed by atoms with E-state index in [0.717, 1.165) is 32.4 Å². The van der Waals surface area contributed by atoms with Crippen molar-refractivity contribution < 1.29 is 17.9 Å². The van der Waals surface area contributed by atoms with Gasteiger partial charge >= 0.3 is 0 Å². The smallest absolute Gasteiger partial charge is 0.252 e. The minimum Gasteiger partial charge on any atom is -0.368 e. The number of sulfonamides is 1. The van der Waals surface area contributed by atoms with Crippen molar-refractivity contribution in [1.29, 1.82) is 0 Å². The van der Waals surface area contributed by atoms with E-state index in [1.807, 2.05) is 0 Å². The standard InChI is InChI=1S/C19H29N3O4S/c1-26-19(9-11-20-12-10-19)18(23)21-15-16-7-3-4-8-17(16)27(24,25)22-13-5-2-6-14-22/h3-4,7-8,20H,2,5-6,9-15H2,1H3,(H,21,23). The molecule has 8 heteroatoms. The van der Waals surface area contributed by atoms with E-state index in [9.17, 15) is 13.2 Å². The SMILES string of the molecule is COC1(C(=O)NCc2ccccc2S(=O)(=O)N2CCCCC2)CCNCC1. The lowest BCUT2D eigenvalue weighted by Gasteiger charge is -2.34. The summed E-state index contributed by atoms with van der Waals surface area (Å²) in [5.41, 5.74) is -0.233. The van der Waals surface area contributed by atoms with Gasteiger partial charge in [-0.05, 0) is 50.4 Å². The highest BCUT2D eigenvalue weighted by atomic mass is 32.2. The third kappa shape index (κ3) is 4.34. The molecule has 1 amide bonds. The Bertz CT molecular complexity index is 754. The maximum Gasteiger partial charge on any atom is 0.252 e. The van der Waals surface area contributed by atoms with Gasteiger partial charge in [-0.3, -0.25) is 4.79 Å². The summed E-state index contributed by atoms with van der Waals surface area (Å²) in [5, 5.41) is 6.12. The third-order valence-electron chi connectivity index (χ3n) is 5.56. The van der Waals surface area contributed by atoms with E-state index in [2.05, 4.69) is 10.6 Å². The van der Waals surface area contributed by atoms with Gasteiger partial charge in [0.2, 0.25) is 10.0 Å². The van der Waals surface area contributed by atoms with Crippen molar-refractivity contribution in [3.05, 3.63) is 29.8 Å². The van der Waals surface area contributed by atoms with Gasteiger partial charge in [0, 0.05) is 26.7 Å². The molecule has 0 unspecified atom stereocenters. The van der Waals surface area contributed by atoms with Crippen LogP contribution in [-0.4, -0.2) is 57.5 Å². The highest BCUT2D eigenvalue weighted by Crippen LogP contribution is 2.25. The Morgan fingerprint density at radius 2 is 1.85 bits per heavy atom. The fraction of sp³-hybridized carbons (Fsp3) is 0.632. The zero-order valence-electron chi connectivity index (χ0n) is 15.9. The van der Waals surface area contributed by atoms with Crippen LogP contribution >= 0.6 is 0 Å². The molecule has 0 spiro atoms. The number of nitrogens with one attached hydrogen (secondary N) is 2. The summed E-state index contributed by atoms with van der Waals surface area (Å²) in [4.78, 5) is 13.0. The first-order valence-corrected chi connectivity index (χ1v) is 11.1. The number of carbonyl (C=O) groups excluding carboxylic acids is 1.